The Kier molecular flexibility index (Phi) is 5.64. The Hall–Kier alpha value is -0.640. The van der Waals surface area contributed by atoms with Crippen LogP contribution >= 0.6 is 39.1 Å². The molecule has 0 atom stereocenters. The number of rotatable bonds is 5. The second-order valence-electron chi connectivity index (χ2n) is 4.98. The Morgan fingerprint density at radius 3 is 2.24 bits per heavy atom. The first-order valence-electron chi connectivity index (χ1n) is 6.33. The minimum Gasteiger partial charge on any atom is -0.204 e. The SMILES string of the molecule is Fc1ccc(CC(CCl)(CCl)c2cccc(Br)c2)cc1F. The normalized spacial score (nSPS) is 11.7. The molecular formula is C16H13BrCl2F2. The van der Waals surface area contributed by atoms with Gasteiger partial charge >= 0.3 is 0 Å². The maximum atomic E-state index is 13.4. The van der Waals surface area contributed by atoms with Crippen molar-refractivity contribution in [3.8, 4) is 0 Å². The third-order valence-corrected chi connectivity index (χ3v) is 4.99. The third-order valence-electron chi connectivity index (χ3n) is 3.48. The van der Waals surface area contributed by atoms with Crippen LogP contribution in [0.4, 0.5) is 8.78 Å². The number of hydrogen-bond donors (Lipinski definition) is 0. The first-order chi connectivity index (χ1) is 10.0. The quantitative estimate of drug-likeness (QED) is 0.572. The molecule has 0 radical (unpaired) electrons. The minimum atomic E-state index is -0.861. The molecule has 0 fully saturated rings. The number of hydrogen-bond acceptors (Lipinski definition) is 0. The van der Waals surface area contributed by atoms with Crippen LogP contribution in [0.15, 0.2) is 46.9 Å². The van der Waals surface area contributed by atoms with E-state index >= 15 is 0 Å². The average molecular weight is 394 g/mol. The minimum absolute atomic E-state index is 0.284. The fraction of sp³-hybridized carbons (Fsp3) is 0.250. The molecule has 0 saturated heterocycles. The summed E-state index contributed by atoms with van der Waals surface area (Å²) in [5.41, 5.74) is 1.10. The molecule has 2 rings (SSSR count). The summed E-state index contributed by atoms with van der Waals surface area (Å²) in [6.07, 6.45) is 0.438. The molecule has 0 bridgehead atoms. The van der Waals surface area contributed by atoms with Crippen LogP contribution in [0.5, 0.6) is 0 Å². The maximum Gasteiger partial charge on any atom is 0.159 e. The molecule has 0 N–H and O–H groups in total. The molecule has 2 aromatic rings. The second kappa shape index (κ2) is 7.08. The van der Waals surface area contributed by atoms with E-state index in [1.807, 2.05) is 24.3 Å². The van der Waals surface area contributed by atoms with Crippen molar-refractivity contribution in [3.63, 3.8) is 0 Å². The molecule has 0 heterocycles. The van der Waals surface area contributed by atoms with Gasteiger partial charge in [-0.2, -0.15) is 0 Å². The van der Waals surface area contributed by atoms with Crippen molar-refractivity contribution < 1.29 is 8.78 Å². The molecule has 112 valence electrons. The van der Waals surface area contributed by atoms with Crippen molar-refractivity contribution in [1.82, 2.24) is 0 Å². The largest absolute Gasteiger partial charge is 0.204 e. The predicted octanol–water partition coefficient (Wildman–Crippen LogP) is 5.69. The molecule has 0 unspecified atom stereocenters. The van der Waals surface area contributed by atoms with Crippen LogP contribution < -0.4 is 0 Å². The van der Waals surface area contributed by atoms with E-state index in [1.165, 1.54) is 6.07 Å². The van der Waals surface area contributed by atoms with E-state index in [4.69, 9.17) is 23.2 Å². The zero-order valence-corrected chi connectivity index (χ0v) is 14.2. The predicted molar refractivity (Wildman–Crippen MR) is 87.3 cm³/mol. The lowest BCUT2D eigenvalue weighted by molar-refractivity contribution is 0.499. The molecule has 21 heavy (non-hydrogen) atoms. The van der Waals surface area contributed by atoms with Gasteiger partial charge in [-0.25, -0.2) is 8.78 Å². The lowest BCUT2D eigenvalue weighted by atomic mass is 9.79. The van der Waals surface area contributed by atoms with Gasteiger partial charge in [-0.3, -0.25) is 0 Å². The molecule has 0 aliphatic heterocycles. The summed E-state index contributed by atoms with van der Waals surface area (Å²) in [6, 6.07) is 11.6. The highest BCUT2D eigenvalue weighted by Crippen LogP contribution is 2.33. The van der Waals surface area contributed by atoms with Crippen molar-refractivity contribution in [1.29, 1.82) is 0 Å². The topological polar surface area (TPSA) is 0 Å². The highest BCUT2D eigenvalue weighted by atomic mass is 79.9. The Balaban J connectivity index is 2.40. The zero-order valence-electron chi connectivity index (χ0n) is 11.1. The molecule has 0 spiro atoms. The maximum absolute atomic E-state index is 13.4. The summed E-state index contributed by atoms with van der Waals surface area (Å²) in [4.78, 5) is 0. The number of alkyl halides is 2. The standard InChI is InChI=1S/C16H13BrCl2F2/c17-13-3-1-2-12(7-13)16(9-18,10-19)8-11-4-5-14(20)15(21)6-11/h1-7H,8-10H2. The van der Waals surface area contributed by atoms with E-state index in [0.717, 1.165) is 16.1 Å². The van der Waals surface area contributed by atoms with Crippen LogP contribution in [-0.4, -0.2) is 11.8 Å². The Morgan fingerprint density at radius 2 is 1.67 bits per heavy atom. The van der Waals surface area contributed by atoms with Crippen molar-refractivity contribution in [2.24, 2.45) is 0 Å². The Labute approximate surface area is 141 Å². The summed E-state index contributed by atoms with van der Waals surface area (Å²) in [5, 5.41) is 0. The van der Waals surface area contributed by atoms with Gasteiger partial charge in [-0.1, -0.05) is 34.1 Å². The van der Waals surface area contributed by atoms with Gasteiger partial charge < -0.3 is 0 Å². The van der Waals surface area contributed by atoms with Gasteiger partial charge in [0, 0.05) is 21.6 Å². The highest BCUT2D eigenvalue weighted by Gasteiger charge is 2.31. The third kappa shape index (κ3) is 3.77. The molecule has 0 aliphatic rings. The van der Waals surface area contributed by atoms with E-state index < -0.39 is 17.0 Å². The van der Waals surface area contributed by atoms with Crippen molar-refractivity contribution >= 4 is 39.1 Å². The van der Waals surface area contributed by atoms with Crippen LogP contribution in [0.2, 0.25) is 0 Å². The van der Waals surface area contributed by atoms with Crippen LogP contribution in [-0.2, 0) is 11.8 Å². The van der Waals surface area contributed by atoms with Gasteiger partial charge in [0.2, 0.25) is 0 Å². The average Bonchev–Trinajstić information content (AvgIpc) is 2.48. The van der Waals surface area contributed by atoms with E-state index in [-0.39, 0.29) is 11.8 Å². The smallest absolute Gasteiger partial charge is 0.159 e. The summed E-state index contributed by atoms with van der Waals surface area (Å²) < 4.78 is 27.3. The van der Waals surface area contributed by atoms with Gasteiger partial charge in [0.1, 0.15) is 0 Å². The van der Waals surface area contributed by atoms with E-state index in [9.17, 15) is 8.78 Å². The molecule has 5 heteroatoms. The molecule has 0 aromatic heterocycles. The zero-order chi connectivity index (χ0) is 15.5. The van der Waals surface area contributed by atoms with E-state index in [0.29, 0.717) is 12.0 Å². The molecule has 2 aromatic carbocycles. The van der Waals surface area contributed by atoms with Gasteiger partial charge in [-0.05, 0) is 41.8 Å². The van der Waals surface area contributed by atoms with Crippen LogP contribution in [0.3, 0.4) is 0 Å². The van der Waals surface area contributed by atoms with Gasteiger partial charge in [0.25, 0.3) is 0 Å². The van der Waals surface area contributed by atoms with Crippen molar-refractivity contribution in [3.05, 3.63) is 69.7 Å². The van der Waals surface area contributed by atoms with Crippen LogP contribution in [0.1, 0.15) is 11.1 Å². The lowest BCUT2D eigenvalue weighted by Crippen LogP contribution is -2.33. The first-order valence-corrected chi connectivity index (χ1v) is 8.19. The summed E-state index contributed by atoms with van der Waals surface area (Å²) in [5.74, 6) is -1.15. The number of benzene rings is 2. The Morgan fingerprint density at radius 1 is 0.952 bits per heavy atom. The molecule has 0 nitrogen and oxygen atoms in total. The second-order valence-corrected chi connectivity index (χ2v) is 6.43. The van der Waals surface area contributed by atoms with Gasteiger partial charge in [-0.15, -0.1) is 23.2 Å². The molecular weight excluding hydrogens is 381 g/mol. The molecule has 0 amide bonds. The molecule has 0 saturated carbocycles. The highest BCUT2D eigenvalue weighted by molar-refractivity contribution is 9.10. The summed E-state index contributed by atoms with van der Waals surface area (Å²) >= 11 is 15.8. The monoisotopic (exact) mass is 392 g/mol. The molecule has 0 aliphatic carbocycles. The Bertz CT molecular complexity index is 627. The summed E-state index contributed by atoms with van der Waals surface area (Å²) in [7, 11) is 0. The van der Waals surface area contributed by atoms with Crippen molar-refractivity contribution in [2.75, 3.05) is 11.8 Å². The first kappa shape index (κ1) is 16.7. The fourth-order valence-corrected chi connectivity index (χ4v) is 3.43. The lowest BCUT2D eigenvalue weighted by Gasteiger charge is -2.30. The number of halogens is 5. The van der Waals surface area contributed by atoms with Gasteiger partial charge in [0.15, 0.2) is 11.6 Å². The summed E-state index contributed by atoms with van der Waals surface area (Å²) in [6.45, 7) is 0. The van der Waals surface area contributed by atoms with Crippen LogP contribution in [0.25, 0.3) is 0 Å². The van der Waals surface area contributed by atoms with E-state index in [1.54, 1.807) is 6.07 Å². The fourth-order valence-electron chi connectivity index (χ4n) is 2.25. The van der Waals surface area contributed by atoms with Crippen LogP contribution in [0, 0.1) is 11.6 Å². The van der Waals surface area contributed by atoms with E-state index in [2.05, 4.69) is 15.9 Å². The van der Waals surface area contributed by atoms with Crippen molar-refractivity contribution in [2.45, 2.75) is 11.8 Å². The van der Waals surface area contributed by atoms with Gasteiger partial charge in [0.05, 0.1) is 0 Å².